The quantitative estimate of drug-likeness (QED) is 0.746. The average Bonchev–Trinajstić information content (AvgIpc) is 2.78. The maximum Gasteiger partial charge on any atom is 0.255 e. The van der Waals surface area contributed by atoms with Crippen molar-refractivity contribution in [1.29, 1.82) is 0 Å². The summed E-state index contributed by atoms with van der Waals surface area (Å²) in [6.45, 7) is 2.21. The molecule has 0 fully saturated rings. The molecule has 1 aromatic heterocycles. The topological polar surface area (TPSA) is 78.0 Å². The number of rotatable bonds is 3. The van der Waals surface area contributed by atoms with Crippen molar-refractivity contribution in [1.82, 2.24) is 15.5 Å². The highest BCUT2D eigenvalue weighted by Crippen LogP contribution is 2.18. The third-order valence-electron chi connectivity index (χ3n) is 2.40. The number of benzene rings is 1. The summed E-state index contributed by atoms with van der Waals surface area (Å²) in [5.41, 5.74) is 1.99. The molecule has 0 radical (unpaired) electrons. The maximum absolute atomic E-state index is 11.8. The molecule has 0 bridgehead atoms. The van der Waals surface area contributed by atoms with Crippen LogP contribution in [0.1, 0.15) is 21.6 Å². The Morgan fingerprint density at radius 1 is 1.47 bits per heavy atom. The molecule has 0 aliphatic heterocycles. The minimum absolute atomic E-state index is 0.00730. The lowest BCUT2D eigenvalue weighted by molar-refractivity contribution is 0.0948. The zero-order valence-corrected chi connectivity index (χ0v) is 9.40. The van der Waals surface area contributed by atoms with Crippen LogP contribution in [0.3, 0.4) is 0 Å². The van der Waals surface area contributed by atoms with Crippen LogP contribution >= 0.6 is 0 Å². The van der Waals surface area contributed by atoms with E-state index < -0.39 is 0 Å². The van der Waals surface area contributed by atoms with Crippen LogP contribution in [0.15, 0.2) is 30.5 Å². The molecular formula is C12H13N3O2. The number of nitrogens with one attached hydrogen (secondary N) is 2. The Kier molecular flexibility index (Phi) is 3.09. The van der Waals surface area contributed by atoms with Crippen LogP contribution in [-0.4, -0.2) is 21.2 Å². The van der Waals surface area contributed by atoms with Crippen molar-refractivity contribution in [3.8, 4) is 5.75 Å². The van der Waals surface area contributed by atoms with Gasteiger partial charge >= 0.3 is 0 Å². The number of hydrogen-bond acceptors (Lipinski definition) is 3. The highest BCUT2D eigenvalue weighted by Gasteiger charge is 2.10. The summed E-state index contributed by atoms with van der Waals surface area (Å²) in [4.78, 5) is 11.8. The largest absolute Gasteiger partial charge is 0.507 e. The van der Waals surface area contributed by atoms with E-state index in [9.17, 15) is 9.90 Å². The molecule has 1 amide bonds. The highest BCUT2D eigenvalue weighted by molar-refractivity contribution is 5.96. The molecule has 2 aromatic rings. The Bertz CT molecular complexity index is 521. The summed E-state index contributed by atoms with van der Waals surface area (Å²) in [7, 11) is 0. The average molecular weight is 231 g/mol. The Labute approximate surface area is 98.5 Å². The zero-order chi connectivity index (χ0) is 12.3. The fourth-order valence-corrected chi connectivity index (χ4v) is 1.49. The van der Waals surface area contributed by atoms with Crippen molar-refractivity contribution < 1.29 is 9.90 Å². The van der Waals surface area contributed by atoms with Gasteiger partial charge in [0.25, 0.3) is 5.91 Å². The molecule has 0 saturated carbocycles. The van der Waals surface area contributed by atoms with E-state index >= 15 is 0 Å². The molecule has 1 aromatic carbocycles. The summed E-state index contributed by atoms with van der Waals surface area (Å²) in [6, 6.07) is 6.72. The van der Waals surface area contributed by atoms with Gasteiger partial charge in [0.1, 0.15) is 5.75 Å². The van der Waals surface area contributed by atoms with Crippen LogP contribution in [0.2, 0.25) is 0 Å². The van der Waals surface area contributed by atoms with Crippen molar-refractivity contribution in [2.75, 3.05) is 0 Å². The van der Waals surface area contributed by atoms with E-state index in [1.165, 1.54) is 0 Å². The Morgan fingerprint density at radius 2 is 2.29 bits per heavy atom. The van der Waals surface area contributed by atoms with Gasteiger partial charge in [-0.15, -0.1) is 0 Å². The monoisotopic (exact) mass is 231 g/mol. The van der Waals surface area contributed by atoms with E-state index in [2.05, 4.69) is 15.5 Å². The number of carbonyl (C=O) groups excluding carboxylic acids is 1. The first-order valence-electron chi connectivity index (χ1n) is 5.23. The van der Waals surface area contributed by atoms with Gasteiger partial charge in [-0.3, -0.25) is 9.89 Å². The standard InChI is InChI=1S/C12H13N3O2/c1-8-2-3-10(11(16)6-8)12(17)13-7-9-4-5-14-15-9/h2-6,16H,7H2,1H3,(H,13,17)(H,14,15). The normalized spacial score (nSPS) is 10.2. The Balaban J connectivity index is 2.04. The van der Waals surface area contributed by atoms with Gasteiger partial charge in [0.2, 0.25) is 0 Å². The van der Waals surface area contributed by atoms with E-state index in [0.717, 1.165) is 11.3 Å². The van der Waals surface area contributed by atoms with Crippen molar-refractivity contribution >= 4 is 5.91 Å². The number of amides is 1. The maximum atomic E-state index is 11.8. The second-order valence-corrected chi connectivity index (χ2v) is 3.79. The van der Waals surface area contributed by atoms with Crippen molar-refractivity contribution in [2.45, 2.75) is 13.5 Å². The molecule has 5 nitrogen and oxygen atoms in total. The number of phenolic OH excluding ortho intramolecular Hbond substituents is 1. The van der Waals surface area contributed by atoms with Crippen molar-refractivity contribution in [2.24, 2.45) is 0 Å². The third kappa shape index (κ3) is 2.63. The number of aromatic amines is 1. The van der Waals surface area contributed by atoms with E-state index in [4.69, 9.17) is 0 Å². The SMILES string of the molecule is Cc1ccc(C(=O)NCc2ccn[nH]2)c(O)c1. The van der Waals surface area contributed by atoms with Gasteiger partial charge in [-0.2, -0.15) is 5.10 Å². The van der Waals surface area contributed by atoms with Crippen LogP contribution < -0.4 is 5.32 Å². The summed E-state index contributed by atoms with van der Waals surface area (Å²) >= 11 is 0. The number of carbonyl (C=O) groups is 1. The van der Waals surface area contributed by atoms with Crippen LogP contribution in [0.25, 0.3) is 0 Å². The molecule has 0 aliphatic carbocycles. The lowest BCUT2D eigenvalue weighted by Gasteiger charge is -2.06. The van der Waals surface area contributed by atoms with E-state index in [-0.39, 0.29) is 17.2 Å². The lowest BCUT2D eigenvalue weighted by atomic mass is 10.1. The van der Waals surface area contributed by atoms with Crippen LogP contribution in [-0.2, 0) is 6.54 Å². The molecular weight excluding hydrogens is 218 g/mol. The molecule has 1 heterocycles. The number of phenols is 1. The van der Waals surface area contributed by atoms with Crippen LogP contribution in [0, 0.1) is 6.92 Å². The van der Waals surface area contributed by atoms with Gasteiger partial charge in [0.15, 0.2) is 0 Å². The first-order valence-corrected chi connectivity index (χ1v) is 5.23. The van der Waals surface area contributed by atoms with Gasteiger partial charge in [0.05, 0.1) is 17.8 Å². The van der Waals surface area contributed by atoms with E-state index in [1.807, 2.05) is 6.92 Å². The van der Waals surface area contributed by atoms with Crippen molar-refractivity contribution in [3.05, 3.63) is 47.3 Å². The van der Waals surface area contributed by atoms with E-state index in [1.54, 1.807) is 30.5 Å². The molecule has 17 heavy (non-hydrogen) atoms. The van der Waals surface area contributed by atoms with Gasteiger partial charge in [0, 0.05) is 6.20 Å². The lowest BCUT2D eigenvalue weighted by Crippen LogP contribution is -2.23. The van der Waals surface area contributed by atoms with Gasteiger partial charge < -0.3 is 10.4 Å². The van der Waals surface area contributed by atoms with Gasteiger partial charge in [-0.25, -0.2) is 0 Å². The third-order valence-corrected chi connectivity index (χ3v) is 2.40. The highest BCUT2D eigenvalue weighted by atomic mass is 16.3. The second kappa shape index (κ2) is 4.69. The molecule has 0 saturated heterocycles. The number of aromatic hydroxyl groups is 1. The minimum atomic E-state index is -0.308. The number of nitrogens with zero attached hydrogens (tertiary/aromatic N) is 1. The predicted molar refractivity (Wildman–Crippen MR) is 62.6 cm³/mol. The van der Waals surface area contributed by atoms with Crippen molar-refractivity contribution in [3.63, 3.8) is 0 Å². The number of hydrogen-bond donors (Lipinski definition) is 3. The molecule has 2 rings (SSSR count). The molecule has 0 aliphatic rings. The molecule has 0 unspecified atom stereocenters. The fraction of sp³-hybridized carbons (Fsp3) is 0.167. The molecule has 5 heteroatoms. The fourth-order valence-electron chi connectivity index (χ4n) is 1.49. The van der Waals surface area contributed by atoms with Crippen LogP contribution in [0.5, 0.6) is 5.75 Å². The number of aromatic nitrogens is 2. The summed E-state index contributed by atoms with van der Waals surface area (Å²) in [6.07, 6.45) is 1.62. The zero-order valence-electron chi connectivity index (χ0n) is 9.40. The molecule has 0 atom stereocenters. The molecule has 88 valence electrons. The number of H-pyrrole nitrogens is 1. The first-order chi connectivity index (χ1) is 8.16. The number of aryl methyl sites for hydroxylation is 1. The minimum Gasteiger partial charge on any atom is -0.507 e. The van der Waals surface area contributed by atoms with Gasteiger partial charge in [-0.05, 0) is 30.7 Å². The van der Waals surface area contributed by atoms with E-state index in [0.29, 0.717) is 6.54 Å². The van der Waals surface area contributed by atoms with Gasteiger partial charge in [-0.1, -0.05) is 6.07 Å². The predicted octanol–water partition coefficient (Wildman–Crippen LogP) is 1.35. The molecule has 0 spiro atoms. The summed E-state index contributed by atoms with van der Waals surface area (Å²) in [5.74, 6) is -0.316. The Hall–Kier alpha value is -2.30. The first kappa shape index (κ1) is 11.2. The summed E-state index contributed by atoms with van der Waals surface area (Å²) in [5, 5.41) is 18.8. The molecule has 3 N–H and O–H groups in total. The summed E-state index contributed by atoms with van der Waals surface area (Å²) < 4.78 is 0. The second-order valence-electron chi connectivity index (χ2n) is 3.79. The van der Waals surface area contributed by atoms with Crippen LogP contribution in [0.4, 0.5) is 0 Å². The Morgan fingerprint density at radius 3 is 2.94 bits per heavy atom. The smallest absolute Gasteiger partial charge is 0.255 e.